The third-order valence-electron chi connectivity index (χ3n) is 4.50. The minimum absolute atomic E-state index is 0.219. The fourth-order valence-electron chi connectivity index (χ4n) is 2.81. The molecule has 0 fully saturated rings. The first kappa shape index (κ1) is 23.7. The van der Waals surface area contributed by atoms with Gasteiger partial charge in [0.15, 0.2) is 11.5 Å². The van der Waals surface area contributed by atoms with E-state index >= 15 is 0 Å². The maximum Gasteiger partial charge on any atom is 0.343 e. The Morgan fingerprint density at radius 1 is 0.971 bits per heavy atom. The molecule has 9 nitrogen and oxygen atoms in total. The van der Waals surface area contributed by atoms with Gasteiger partial charge in [0.2, 0.25) is 0 Å². The maximum atomic E-state index is 12.4. The Morgan fingerprint density at radius 2 is 1.74 bits per heavy atom. The van der Waals surface area contributed by atoms with Gasteiger partial charge in [-0.05, 0) is 67.1 Å². The van der Waals surface area contributed by atoms with E-state index in [0.29, 0.717) is 22.4 Å². The zero-order valence-electron chi connectivity index (χ0n) is 18.4. The Balaban J connectivity index is 1.59. The van der Waals surface area contributed by atoms with Crippen LogP contribution in [0.2, 0.25) is 0 Å². The van der Waals surface area contributed by atoms with Gasteiger partial charge in [-0.2, -0.15) is 10.4 Å². The Labute approximate surface area is 195 Å². The van der Waals surface area contributed by atoms with E-state index in [2.05, 4.69) is 15.8 Å². The van der Waals surface area contributed by atoms with Crippen molar-refractivity contribution in [3.05, 3.63) is 89.0 Å². The van der Waals surface area contributed by atoms with Crippen LogP contribution >= 0.6 is 0 Å². The number of esters is 1. The number of hydrogen-bond acceptors (Lipinski definition) is 7. The summed E-state index contributed by atoms with van der Waals surface area (Å²) in [6.45, 7) is 1.88. The summed E-state index contributed by atoms with van der Waals surface area (Å²) < 4.78 is 10.7. The quantitative estimate of drug-likeness (QED) is 0.193. The maximum absolute atomic E-state index is 12.4. The summed E-state index contributed by atoms with van der Waals surface area (Å²) in [5, 5.41) is 14.9. The lowest BCUT2D eigenvalue weighted by Gasteiger charge is -2.10. The van der Waals surface area contributed by atoms with E-state index in [9.17, 15) is 14.4 Å². The van der Waals surface area contributed by atoms with Gasteiger partial charge in [-0.3, -0.25) is 9.59 Å². The topological polar surface area (TPSA) is 130 Å². The molecule has 0 bridgehead atoms. The second-order valence-corrected chi connectivity index (χ2v) is 7.01. The van der Waals surface area contributed by atoms with Gasteiger partial charge in [-0.25, -0.2) is 10.2 Å². The number of methoxy groups -OCH3 is 1. The van der Waals surface area contributed by atoms with Crippen LogP contribution in [0.25, 0.3) is 0 Å². The van der Waals surface area contributed by atoms with Crippen molar-refractivity contribution in [2.75, 3.05) is 12.4 Å². The van der Waals surface area contributed by atoms with Gasteiger partial charge in [0.05, 0.1) is 30.5 Å². The Bertz CT molecular complexity index is 1290. The first-order chi connectivity index (χ1) is 16.4. The molecule has 0 aliphatic heterocycles. The molecule has 0 heterocycles. The zero-order chi connectivity index (χ0) is 24.5. The number of carbonyl (C=O) groups is 3. The van der Waals surface area contributed by atoms with E-state index in [1.165, 1.54) is 43.7 Å². The normalized spacial score (nSPS) is 10.3. The fraction of sp³-hybridized carbons (Fsp3) is 0.0800. The standard InChI is InChI=1S/C25H20N4O5/c1-16-4-3-5-19(12-16)25(32)34-21-11-8-18(13-22(21)33-2)15-27-29-24(31)23(30)28-20-9-6-17(14-26)7-10-20/h3-13,15H,1-2H3,(H,28,30)(H,29,31). The predicted octanol–water partition coefficient (Wildman–Crippen LogP) is 3.18. The molecule has 0 radical (unpaired) electrons. The van der Waals surface area contributed by atoms with Crippen molar-refractivity contribution in [3.8, 4) is 17.6 Å². The van der Waals surface area contributed by atoms with Gasteiger partial charge in [0.1, 0.15) is 0 Å². The van der Waals surface area contributed by atoms with Crippen LogP contribution < -0.4 is 20.2 Å². The largest absolute Gasteiger partial charge is 0.493 e. The molecule has 9 heteroatoms. The van der Waals surface area contributed by atoms with Crippen molar-refractivity contribution >= 4 is 29.7 Å². The Kier molecular flexibility index (Phi) is 7.71. The van der Waals surface area contributed by atoms with E-state index < -0.39 is 17.8 Å². The highest BCUT2D eigenvalue weighted by Gasteiger charge is 2.14. The third-order valence-corrected chi connectivity index (χ3v) is 4.50. The molecule has 3 aromatic carbocycles. The van der Waals surface area contributed by atoms with Crippen LogP contribution in [-0.2, 0) is 9.59 Å². The number of amides is 2. The number of ether oxygens (including phenoxy) is 2. The number of nitrogens with zero attached hydrogens (tertiary/aromatic N) is 2. The summed E-state index contributed by atoms with van der Waals surface area (Å²) in [7, 11) is 1.43. The number of nitriles is 1. The number of hydrazone groups is 1. The number of aryl methyl sites for hydroxylation is 1. The summed E-state index contributed by atoms with van der Waals surface area (Å²) in [5.41, 5.74) is 4.79. The molecule has 170 valence electrons. The molecule has 0 saturated carbocycles. The molecule has 0 aliphatic carbocycles. The van der Waals surface area contributed by atoms with Gasteiger partial charge in [0.25, 0.3) is 0 Å². The zero-order valence-corrected chi connectivity index (χ0v) is 18.4. The average molecular weight is 456 g/mol. The SMILES string of the molecule is COc1cc(C=NNC(=O)C(=O)Nc2ccc(C#N)cc2)ccc1OC(=O)c1cccc(C)c1. The van der Waals surface area contributed by atoms with Gasteiger partial charge < -0.3 is 14.8 Å². The molecule has 0 aliphatic rings. The second kappa shape index (κ2) is 11.1. The number of carbonyl (C=O) groups excluding carboxylic acids is 3. The van der Waals surface area contributed by atoms with Gasteiger partial charge in [-0.15, -0.1) is 0 Å². The first-order valence-corrected chi connectivity index (χ1v) is 10.0. The second-order valence-electron chi connectivity index (χ2n) is 7.01. The molecule has 3 rings (SSSR count). The van der Waals surface area contributed by atoms with Crippen molar-refractivity contribution in [1.82, 2.24) is 5.43 Å². The van der Waals surface area contributed by atoms with E-state index in [-0.39, 0.29) is 11.5 Å². The Morgan fingerprint density at radius 3 is 2.41 bits per heavy atom. The summed E-state index contributed by atoms with van der Waals surface area (Å²) >= 11 is 0. The summed E-state index contributed by atoms with van der Waals surface area (Å²) in [4.78, 5) is 36.3. The van der Waals surface area contributed by atoms with E-state index in [1.54, 1.807) is 30.3 Å². The van der Waals surface area contributed by atoms with Crippen molar-refractivity contribution in [3.63, 3.8) is 0 Å². The number of anilines is 1. The van der Waals surface area contributed by atoms with Crippen molar-refractivity contribution in [2.45, 2.75) is 6.92 Å². The van der Waals surface area contributed by atoms with Gasteiger partial charge in [-0.1, -0.05) is 17.7 Å². The summed E-state index contributed by atoms with van der Waals surface area (Å²) in [6, 6.07) is 19.7. The number of hydrogen-bond donors (Lipinski definition) is 2. The highest BCUT2D eigenvalue weighted by molar-refractivity contribution is 6.39. The van der Waals surface area contributed by atoms with Crippen LogP contribution in [0.4, 0.5) is 5.69 Å². The lowest BCUT2D eigenvalue weighted by atomic mass is 10.1. The minimum Gasteiger partial charge on any atom is -0.493 e. The molecule has 0 atom stereocenters. The average Bonchev–Trinajstić information content (AvgIpc) is 2.85. The van der Waals surface area contributed by atoms with Crippen LogP contribution in [0, 0.1) is 18.3 Å². The molecule has 0 unspecified atom stereocenters. The van der Waals surface area contributed by atoms with Crippen molar-refractivity contribution in [2.24, 2.45) is 5.10 Å². The first-order valence-electron chi connectivity index (χ1n) is 10.0. The van der Waals surface area contributed by atoms with Crippen molar-refractivity contribution < 1.29 is 23.9 Å². The molecule has 0 saturated heterocycles. The fourth-order valence-corrected chi connectivity index (χ4v) is 2.81. The molecule has 2 N–H and O–H groups in total. The third kappa shape index (κ3) is 6.27. The minimum atomic E-state index is -0.976. The van der Waals surface area contributed by atoms with Crippen LogP contribution in [0.5, 0.6) is 11.5 Å². The lowest BCUT2D eigenvalue weighted by Crippen LogP contribution is -2.32. The van der Waals surface area contributed by atoms with E-state index in [0.717, 1.165) is 5.56 Å². The van der Waals surface area contributed by atoms with E-state index in [4.69, 9.17) is 14.7 Å². The van der Waals surface area contributed by atoms with Gasteiger partial charge >= 0.3 is 17.8 Å². The molecule has 0 aromatic heterocycles. The lowest BCUT2D eigenvalue weighted by molar-refractivity contribution is -0.136. The van der Waals surface area contributed by atoms with Crippen LogP contribution in [-0.4, -0.2) is 31.1 Å². The molecular weight excluding hydrogens is 436 g/mol. The number of benzene rings is 3. The van der Waals surface area contributed by atoms with Crippen LogP contribution in [0.3, 0.4) is 0 Å². The number of nitrogens with one attached hydrogen (secondary N) is 2. The molecular formula is C25H20N4O5. The van der Waals surface area contributed by atoms with Crippen LogP contribution in [0.15, 0.2) is 71.8 Å². The van der Waals surface area contributed by atoms with Crippen molar-refractivity contribution in [1.29, 1.82) is 5.26 Å². The predicted molar refractivity (Wildman–Crippen MR) is 125 cm³/mol. The summed E-state index contributed by atoms with van der Waals surface area (Å²) in [6.07, 6.45) is 1.31. The molecule has 0 spiro atoms. The monoisotopic (exact) mass is 456 g/mol. The highest BCUT2D eigenvalue weighted by atomic mass is 16.6. The molecule has 2 amide bonds. The number of rotatable bonds is 6. The van der Waals surface area contributed by atoms with Gasteiger partial charge in [0, 0.05) is 5.69 Å². The highest BCUT2D eigenvalue weighted by Crippen LogP contribution is 2.28. The smallest absolute Gasteiger partial charge is 0.343 e. The molecule has 34 heavy (non-hydrogen) atoms. The van der Waals surface area contributed by atoms with E-state index in [1.807, 2.05) is 19.1 Å². The summed E-state index contributed by atoms with van der Waals surface area (Å²) in [5.74, 6) is -1.91. The molecule has 3 aromatic rings. The Hall–Kier alpha value is -4.97. The van der Waals surface area contributed by atoms with Crippen LogP contribution in [0.1, 0.15) is 27.0 Å².